The highest BCUT2D eigenvalue weighted by atomic mass is 79.9. The second-order valence-corrected chi connectivity index (χ2v) is 5.42. The Labute approximate surface area is 110 Å². The highest BCUT2D eigenvalue weighted by molar-refractivity contribution is 9.10. The first-order valence-electron chi connectivity index (χ1n) is 5.93. The SMILES string of the molecule is C[C@H](NCC(=O)NC1CC1)c1cccc(Br)c1. The fraction of sp³-hybridized carbons (Fsp3) is 0.462. The van der Waals surface area contributed by atoms with Crippen LogP contribution in [0.1, 0.15) is 31.4 Å². The van der Waals surface area contributed by atoms with Gasteiger partial charge in [-0.25, -0.2) is 0 Å². The zero-order chi connectivity index (χ0) is 12.3. The number of hydrogen-bond donors (Lipinski definition) is 2. The average Bonchev–Trinajstić information content (AvgIpc) is 3.10. The van der Waals surface area contributed by atoms with Gasteiger partial charge in [-0.05, 0) is 37.5 Å². The van der Waals surface area contributed by atoms with Gasteiger partial charge in [0.05, 0.1) is 6.54 Å². The number of hydrogen-bond acceptors (Lipinski definition) is 2. The second-order valence-electron chi connectivity index (χ2n) is 4.50. The highest BCUT2D eigenvalue weighted by Gasteiger charge is 2.23. The van der Waals surface area contributed by atoms with Crippen molar-refractivity contribution in [3.05, 3.63) is 34.3 Å². The van der Waals surface area contributed by atoms with Crippen LogP contribution in [0, 0.1) is 0 Å². The van der Waals surface area contributed by atoms with Crippen LogP contribution >= 0.6 is 15.9 Å². The Morgan fingerprint density at radius 1 is 1.53 bits per heavy atom. The fourth-order valence-electron chi connectivity index (χ4n) is 1.65. The third kappa shape index (κ3) is 4.13. The van der Waals surface area contributed by atoms with E-state index in [2.05, 4.69) is 45.6 Å². The van der Waals surface area contributed by atoms with E-state index in [9.17, 15) is 4.79 Å². The van der Waals surface area contributed by atoms with Gasteiger partial charge in [-0.15, -0.1) is 0 Å². The van der Waals surface area contributed by atoms with Crippen molar-refractivity contribution in [3.63, 3.8) is 0 Å². The van der Waals surface area contributed by atoms with Crippen molar-refractivity contribution < 1.29 is 4.79 Å². The lowest BCUT2D eigenvalue weighted by Gasteiger charge is -2.14. The van der Waals surface area contributed by atoms with Crippen LogP contribution in [0.25, 0.3) is 0 Å². The van der Waals surface area contributed by atoms with E-state index in [1.807, 2.05) is 12.1 Å². The lowest BCUT2D eigenvalue weighted by atomic mass is 10.1. The molecule has 0 saturated heterocycles. The van der Waals surface area contributed by atoms with E-state index in [1.165, 1.54) is 5.56 Å². The van der Waals surface area contributed by atoms with Crippen LogP contribution in [0.5, 0.6) is 0 Å². The van der Waals surface area contributed by atoms with E-state index >= 15 is 0 Å². The third-order valence-corrected chi connectivity index (χ3v) is 3.35. The molecule has 0 spiro atoms. The first-order valence-corrected chi connectivity index (χ1v) is 6.72. The Hall–Kier alpha value is -0.870. The smallest absolute Gasteiger partial charge is 0.234 e. The zero-order valence-corrected chi connectivity index (χ0v) is 11.5. The highest BCUT2D eigenvalue weighted by Crippen LogP contribution is 2.19. The summed E-state index contributed by atoms with van der Waals surface area (Å²) in [4.78, 5) is 11.5. The molecule has 17 heavy (non-hydrogen) atoms. The average molecular weight is 297 g/mol. The Kier molecular flexibility index (Phi) is 4.18. The first kappa shape index (κ1) is 12.6. The summed E-state index contributed by atoms with van der Waals surface area (Å²) >= 11 is 3.44. The molecule has 2 N–H and O–H groups in total. The molecule has 1 aliphatic rings. The predicted molar refractivity (Wildman–Crippen MR) is 71.7 cm³/mol. The van der Waals surface area contributed by atoms with Gasteiger partial charge in [-0.3, -0.25) is 4.79 Å². The van der Waals surface area contributed by atoms with Gasteiger partial charge in [0.1, 0.15) is 0 Å². The topological polar surface area (TPSA) is 41.1 Å². The maximum atomic E-state index is 11.5. The lowest BCUT2D eigenvalue weighted by Crippen LogP contribution is -2.36. The summed E-state index contributed by atoms with van der Waals surface area (Å²) < 4.78 is 1.06. The van der Waals surface area contributed by atoms with Gasteiger partial charge in [-0.2, -0.15) is 0 Å². The maximum absolute atomic E-state index is 11.5. The number of carbonyl (C=O) groups is 1. The summed E-state index contributed by atoms with van der Waals surface area (Å²) in [5.41, 5.74) is 1.18. The molecular formula is C13H17BrN2O. The molecule has 0 heterocycles. The molecule has 1 aromatic rings. The van der Waals surface area contributed by atoms with Crippen LogP contribution in [0.3, 0.4) is 0 Å². The van der Waals surface area contributed by atoms with Crippen LogP contribution < -0.4 is 10.6 Å². The van der Waals surface area contributed by atoms with Crippen LogP contribution in [-0.4, -0.2) is 18.5 Å². The van der Waals surface area contributed by atoms with E-state index in [4.69, 9.17) is 0 Å². The molecule has 2 rings (SSSR count). The zero-order valence-electron chi connectivity index (χ0n) is 9.87. The number of rotatable bonds is 5. The number of carbonyl (C=O) groups excluding carboxylic acids is 1. The Bertz CT molecular complexity index is 404. The van der Waals surface area contributed by atoms with E-state index < -0.39 is 0 Å². The van der Waals surface area contributed by atoms with Crippen molar-refractivity contribution in [2.45, 2.75) is 31.8 Å². The molecule has 1 atom stereocenters. The molecule has 0 aromatic heterocycles. The largest absolute Gasteiger partial charge is 0.352 e. The van der Waals surface area contributed by atoms with Crippen LogP contribution in [0.2, 0.25) is 0 Å². The normalized spacial score (nSPS) is 16.6. The van der Waals surface area contributed by atoms with Crippen molar-refractivity contribution in [2.24, 2.45) is 0 Å². The van der Waals surface area contributed by atoms with E-state index in [-0.39, 0.29) is 11.9 Å². The van der Waals surface area contributed by atoms with Gasteiger partial charge in [0, 0.05) is 16.6 Å². The molecule has 4 heteroatoms. The fourth-order valence-corrected chi connectivity index (χ4v) is 2.06. The minimum atomic E-state index is 0.0920. The van der Waals surface area contributed by atoms with Crippen molar-refractivity contribution in [1.29, 1.82) is 0 Å². The van der Waals surface area contributed by atoms with Crippen LogP contribution in [0.4, 0.5) is 0 Å². The molecule has 1 amide bonds. The van der Waals surface area contributed by atoms with Gasteiger partial charge in [0.2, 0.25) is 5.91 Å². The molecule has 0 unspecified atom stereocenters. The van der Waals surface area contributed by atoms with Gasteiger partial charge in [0.15, 0.2) is 0 Å². The van der Waals surface area contributed by atoms with Crippen LogP contribution in [0.15, 0.2) is 28.7 Å². The van der Waals surface area contributed by atoms with Gasteiger partial charge < -0.3 is 10.6 Å². The molecule has 92 valence electrons. The van der Waals surface area contributed by atoms with Crippen molar-refractivity contribution in [2.75, 3.05) is 6.54 Å². The molecule has 0 aliphatic heterocycles. The van der Waals surface area contributed by atoms with Gasteiger partial charge >= 0.3 is 0 Å². The first-order chi connectivity index (χ1) is 8.15. The standard InChI is InChI=1S/C13H17BrN2O/c1-9(10-3-2-4-11(14)7-10)15-8-13(17)16-12-5-6-12/h2-4,7,9,12,15H,5-6,8H2,1H3,(H,16,17)/t9-/m0/s1. The summed E-state index contributed by atoms with van der Waals surface area (Å²) in [7, 11) is 0. The van der Waals surface area contributed by atoms with E-state index in [0.29, 0.717) is 12.6 Å². The summed E-state index contributed by atoms with van der Waals surface area (Å²) in [5, 5.41) is 6.19. The van der Waals surface area contributed by atoms with E-state index in [1.54, 1.807) is 0 Å². The summed E-state index contributed by atoms with van der Waals surface area (Å²) in [6, 6.07) is 8.73. The molecule has 3 nitrogen and oxygen atoms in total. The minimum absolute atomic E-state index is 0.0920. The predicted octanol–water partition coefficient (Wildman–Crippen LogP) is 2.38. The minimum Gasteiger partial charge on any atom is -0.352 e. The molecule has 1 saturated carbocycles. The summed E-state index contributed by atoms with van der Waals surface area (Å²) in [6.07, 6.45) is 2.26. The second kappa shape index (κ2) is 5.65. The third-order valence-electron chi connectivity index (χ3n) is 2.86. The maximum Gasteiger partial charge on any atom is 0.234 e. The summed E-state index contributed by atoms with van der Waals surface area (Å²) in [6.45, 7) is 2.44. The molecular weight excluding hydrogens is 280 g/mol. The Balaban J connectivity index is 1.79. The Morgan fingerprint density at radius 2 is 2.29 bits per heavy atom. The molecule has 0 bridgehead atoms. The van der Waals surface area contributed by atoms with E-state index in [0.717, 1.165) is 17.3 Å². The van der Waals surface area contributed by atoms with Crippen molar-refractivity contribution in [3.8, 4) is 0 Å². The van der Waals surface area contributed by atoms with Gasteiger partial charge in [0.25, 0.3) is 0 Å². The van der Waals surface area contributed by atoms with Gasteiger partial charge in [-0.1, -0.05) is 28.1 Å². The Morgan fingerprint density at radius 3 is 2.94 bits per heavy atom. The van der Waals surface area contributed by atoms with Crippen molar-refractivity contribution in [1.82, 2.24) is 10.6 Å². The number of nitrogens with one attached hydrogen (secondary N) is 2. The number of amides is 1. The monoisotopic (exact) mass is 296 g/mol. The number of benzene rings is 1. The molecule has 0 radical (unpaired) electrons. The van der Waals surface area contributed by atoms with Crippen LogP contribution in [-0.2, 0) is 4.79 Å². The molecule has 1 aliphatic carbocycles. The van der Waals surface area contributed by atoms with Crippen molar-refractivity contribution >= 4 is 21.8 Å². The molecule has 1 aromatic carbocycles. The molecule has 1 fully saturated rings. The summed E-state index contributed by atoms with van der Waals surface area (Å²) in [5.74, 6) is 0.0920. The number of halogens is 1. The quantitative estimate of drug-likeness (QED) is 0.876. The lowest BCUT2D eigenvalue weighted by molar-refractivity contribution is -0.120.